The molecule has 0 radical (unpaired) electrons. The number of nitrogens with one attached hydrogen (secondary N) is 1. The molecule has 3 nitrogen and oxygen atoms in total. The number of halogens is 1. The Balaban J connectivity index is 1.67. The number of anilines is 1. The molecule has 1 unspecified atom stereocenters. The largest absolute Gasteiger partial charge is 0.389 e. The average molecular weight is 281 g/mol. The van der Waals surface area contributed by atoms with Gasteiger partial charge in [0.15, 0.2) is 0 Å². The van der Waals surface area contributed by atoms with E-state index in [2.05, 4.69) is 5.32 Å². The second kappa shape index (κ2) is 7.23. The number of aliphatic hydroxyl groups is 1. The standard InChI is InChI=1S/C14H16FNO2S/c15-13-5-1-2-6-14(13)16-8-11(17)9-18-10-12-4-3-7-19-12/h1-7,11,16-17H,8-10H2. The monoisotopic (exact) mass is 281 g/mol. The molecular formula is C14H16FNO2S. The van der Waals surface area contributed by atoms with E-state index in [9.17, 15) is 9.50 Å². The van der Waals surface area contributed by atoms with Crippen LogP contribution in [-0.2, 0) is 11.3 Å². The third kappa shape index (κ3) is 4.63. The zero-order valence-corrected chi connectivity index (χ0v) is 11.2. The Labute approximate surface area is 115 Å². The molecule has 1 aromatic heterocycles. The summed E-state index contributed by atoms with van der Waals surface area (Å²) in [5.41, 5.74) is 0.389. The van der Waals surface area contributed by atoms with Gasteiger partial charge in [-0.25, -0.2) is 4.39 Å². The van der Waals surface area contributed by atoms with Crippen LogP contribution in [0.5, 0.6) is 0 Å². The summed E-state index contributed by atoms with van der Waals surface area (Å²) in [7, 11) is 0. The minimum Gasteiger partial charge on any atom is -0.389 e. The van der Waals surface area contributed by atoms with E-state index in [1.807, 2.05) is 17.5 Å². The molecule has 0 bridgehead atoms. The van der Waals surface area contributed by atoms with E-state index in [0.29, 0.717) is 12.3 Å². The molecule has 0 aliphatic heterocycles. The molecule has 0 aliphatic rings. The maximum atomic E-state index is 13.3. The number of hydrogen-bond donors (Lipinski definition) is 2. The minimum absolute atomic E-state index is 0.222. The second-order valence-electron chi connectivity index (χ2n) is 4.11. The van der Waals surface area contributed by atoms with Gasteiger partial charge in [-0.2, -0.15) is 0 Å². The van der Waals surface area contributed by atoms with Crippen molar-refractivity contribution in [1.29, 1.82) is 0 Å². The third-order valence-corrected chi connectivity index (χ3v) is 3.39. The summed E-state index contributed by atoms with van der Waals surface area (Å²) in [6, 6.07) is 10.3. The van der Waals surface area contributed by atoms with E-state index in [1.165, 1.54) is 6.07 Å². The van der Waals surface area contributed by atoms with Gasteiger partial charge in [0.1, 0.15) is 5.82 Å². The van der Waals surface area contributed by atoms with Gasteiger partial charge in [0.2, 0.25) is 0 Å². The summed E-state index contributed by atoms with van der Waals surface area (Å²) in [5, 5.41) is 14.6. The first-order valence-electron chi connectivity index (χ1n) is 6.02. The second-order valence-corrected chi connectivity index (χ2v) is 5.14. The average Bonchev–Trinajstić information content (AvgIpc) is 2.91. The van der Waals surface area contributed by atoms with Crippen molar-refractivity contribution in [1.82, 2.24) is 0 Å². The van der Waals surface area contributed by atoms with E-state index in [0.717, 1.165) is 4.88 Å². The fourth-order valence-corrected chi connectivity index (χ4v) is 2.22. The molecule has 0 aliphatic carbocycles. The molecular weight excluding hydrogens is 265 g/mol. The predicted octanol–water partition coefficient (Wildman–Crippen LogP) is 2.88. The van der Waals surface area contributed by atoms with Crippen LogP contribution in [0.25, 0.3) is 0 Å². The molecule has 0 spiro atoms. The van der Waals surface area contributed by atoms with Crippen LogP contribution < -0.4 is 5.32 Å². The highest BCUT2D eigenvalue weighted by molar-refractivity contribution is 7.09. The summed E-state index contributed by atoms with van der Waals surface area (Å²) in [6.45, 7) is 0.971. The van der Waals surface area contributed by atoms with E-state index in [1.54, 1.807) is 29.5 Å². The third-order valence-electron chi connectivity index (χ3n) is 2.54. The van der Waals surface area contributed by atoms with Crippen molar-refractivity contribution in [3.8, 4) is 0 Å². The van der Waals surface area contributed by atoms with Gasteiger partial charge in [0, 0.05) is 11.4 Å². The number of aliphatic hydroxyl groups excluding tert-OH is 1. The van der Waals surface area contributed by atoms with Gasteiger partial charge in [-0.3, -0.25) is 0 Å². The summed E-state index contributed by atoms with van der Waals surface area (Å²) in [6.07, 6.45) is -0.667. The van der Waals surface area contributed by atoms with E-state index >= 15 is 0 Å². The van der Waals surface area contributed by atoms with Crippen LogP contribution in [0.1, 0.15) is 4.88 Å². The van der Waals surface area contributed by atoms with Crippen molar-refractivity contribution in [2.24, 2.45) is 0 Å². The normalized spacial score (nSPS) is 12.3. The predicted molar refractivity (Wildman–Crippen MR) is 74.9 cm³/mol. The fraction of sp³-hybridized carbons (Fsp3) is 0.286. The number of hydrogen-bond acceptors (Lipinski definition) is 4. The molecule has 2 N–H and O–H groups in total. The summed E-state index contributed by atoms with van der Waals surface area (Å²) in [5.74, 6) is -0.325. The van der Waals surface area contributed by atoms with Crippen molar-refractivity contribution in [3.05, 3.63) is 52.5 Å². The zero-order chi connectivity index (χ0) is 13.5. The first-order chi connectivity index (χ1) is 9.25. The molecule has 102 valence electrons. The van der Waals surface area contributed by atoms with Gasteiger partial charge < -0.3 is 15.2 Å². The van der Waals surface area contributed by atoms with Crippen LogP contribution in [-0.4, -0.2) is 24.4 Å². The van der Waals surface area contributed by atoms with Crippen LogP contribution in [0.3, 0.4) is 0 Å². The Morgan fingerprint density at radius 2 is 2.11 bits per heavy atom. The topological polar surface area (TPSA) is 41.5 Å². The van der Waals surface area contributed by atoms with E-state index in [4.69, 9.17) is 4.74 Å². The Bertz CT molecular complexity index is 490. The Hall–Kier alpha value is -1.43. The van der Waals surface area contributed by atoms with Crippen molar-refractivity contribution in [2.75, 3.05) is 18.5 Å². The van der Waals surface area contributed by atoms with Gasteiger partial charge >= 0.3 is 0 Å². The lowest BCUT2D eigenvalue weighted by Crippen LogP contribution is -2.25. The van der Waals surface area contributed by atoms with Gasteiger partial charge in [0.05, 0.1) is 25.0 Å². The first-order valence-corrected chi connectivity index (χ1v) is 6.90. The highest BCUT2D eigenvalue weighted by Gasteiger charge is 2.06. The smallest absolute Gasteiger partial charge is 0.146 e. The lowest BCUT2D eigenvalue weighted by atomic mass is 10.3. The number of ether oxygens (including phenoxy) is 1. The zero-order valence-electron chi connectivity index (χ0n) is 10.4. The molecule has 0 saturated carbocycles. The lowest BCUT2D eigenvalue weighted by molar-refractivity contribution is 0.0358. The highest BCUT2D eigenvalue weighted by atomic mass is 32.1. The van der Waals surface area contributed by atoms with Gasteiger partial charge in [-0.05, 0) is 23.6 Å². The van der Waals surface area contributed by atoms with Crippen LogP contribution in [0, 0.1) is 5.82 Å². The Morgan fingerprint density at radius 1 is 1.26 bits per heavy atom. The van der Waals surface area contributed by atoms with Crippen LogP contribution >= 0.6 is 11.3 Å². The molecule has 0 saturated heterocycles. The van der Waals surface area contributed by atoms with Crippen molar-refractivity contribution in [3.63, 3.8) is 0 Å². The first kappa shape index (κ1) is 14.0. The molecule has 1 aromatic carbocycles. The number of thiophene rings is 1. The quantitative estimate of drug-likeness (QED) is 0.820. The summed E-state index contributed by atoms with van der Waals surface area (Å²) in [4.78, 5) is 1.12. The number of para-hydroxylation sites is 1. The maximum Gasteiger partial charge on any atom is 0.146 e. The SMILES string of the molecule is OC(CNc1ccccc1F)COCc1cccs1. The van der Waals surface area contributed by atoms with Crippen LogP contribution in [0.2, 0.25) is 0 Å². The molecule has 0 fully saturated rings. The van der Waals surface area contributed by atoms with Crippen LogP contribution in [0.4, 0.5) is 10.1 Å². The van der Waals surface area contributed by atoms with Crippen molar-refractivity contribution >= 4 is 17.0 Å². The molecule has 5 heteroatoms. The molecule has 2 rings (SSSR count). The summed E-state index contributed by atoms with van der Waals surface area (Å²) < 4.78 is 18.7. The van der Waals surface area contributed by atoms with Crippen molar-refractivity contribution in [2.45, 2.75) is 12.7 Å². The molecule has 1 atom stereocenters. The molecule has 19 heavy (non-hydrogen) atoms. The molecule has 2 aromatic rings. The Morgan fingerprint density at radius 3 is 2.84 bits per heavy atom. The summed E-state index contributed by atoms with van der Waals surface area (Å²) >= 11 is 1.61. The van der Waals surface area contributed by atoms with Gasteiger partial charge in [0.25, 0.3) is 0 Å². The number of benzene rings is 1. The van der Waals surface area contributed by atoms with Crippen LogP contribution in [0.15, 0.2) is 41.8 Å². The minimum atomic E-state index is -0.667. The fourth-order valence-electron chi connectivity index (χ4n) is 1.58. The molecule has 0 amide bonds. The lowest BCUT2D eigenvalue weighted by Gasteiger charge is -2.13. The van der Waals surface area contributed by atoms with Crippen molar-refractivity contribution < 1.29 is 14.2 Å². The van der Waals surface area contributed by atoms with Gasteiger partial charge in [-0.15, -0.1) is 11.3 Å². The number of rotatable bonds is 7. The van der Waals surface area contributed by atoms with E-state index < -0.39 is 6.10 Å². The Kier molecular flexibility index (Phi) is 5.32. The highest BCUT2D eigenvalue weighted by Crippen LogP contribution is 2.12. The molecule has 1 heterocycles. The van der Waals surface area contributed by atoms with Gasteiger partial charge in [-0.1, -0.05) is 18.2 Å². The van der Waals surface area contributed by atoms with E-state index in [-0.39, 0.29) is 19.0 Å². The maximum absolute atomic E-state index is 13.3.